The average molecular weight is 390 g/mol. The predicted molar refractivity (Wildman–Crippen MR) is 111 cm³/mol. The van der Waals surface area contributed by atoms with Gasteiger partial charge in [0.1, 0.15) is 0 Å². The molecule has 7 nitrogen and oxygen atoms in total. The van der Waals surface area contributed by atoms with E-state index < -0.39 is 5.97 Å². The second kappa shape index (κ2) is 8.28. The molecule has 2 heterocycles. The zero-order valence-corrected chi connectivity index (χ0v) is 15.9. The Kier molecular flexibility index (Phi) is 5.39. The summed E-state index contributed by atoms with van der Waals surface area (Å²) in [5.74, 6) is -1.02. The molecule has 1 aliphatic rings. The van der Waals surface area contributed by atoms with E-state index >= 15 is 0 Å². The highest BCUT2D eigenvalue weighted by Gasteiger charge is 2.21. The number of carbonyl (C=O) groups excluding carboxylic acids is 1. The van der Waals surface area contributed by atoms with Gasteiger partial charge in [-0.25, -0.2) is 9.59 Å². The minimum absolute atomic E-state index is 0.150. The van der Waals surface area contributed by atoms with Gasteiger partial charge in [-0.3, -0.25) is 9.88 Å². The zero-order valence-electron chi connectivity index (χ0n) is 15.9. The number of para-hydroxylation sites is 1. The maximum absolute atomic E-state index is 12.5. The smallest absolute Gasteiger partial charge is 0.335 e. The molecule has 1 aromatic heterocycles. The van der Waals surface area contributed by atoms with Crippen molar-refractivity contribution < 1.29 is 14.7 Å². The largest absolute Gasteiger partial charge is 0.478 e. The molecule has 3 aromatic rings. The van der Waals surface area contributed by atoms with Crippen LogP contribution >= 0.6 is 0 Å². The minimum Gasteiger partial charge on any atom is -0.478 e. The van der Waals surface area contributed by atoms with Gasteiger partial charge in [0.05, 0.1) is 11.1 Å². The van der Waals surface area contributed by atoms with Gasteiger partial charge in [0.15, 0.2) is 0 Å². The summed E-state index contributed by atoms with van der Waals surface area (Å²) in [6, 6.07) is 16.3. The van der Waals surface area contributed by atoms with Gasteiger partial charge >= 0.3 is 12.0 Å². The number of aromatic nitrogens is 1. The first-order valence-corrected chi connectivity index (χ1v) is 9.54. The number of carboxylic acids is 1. The lowest BCUT2D eigenvalue weighted by Crippen LogP contribution is -2.49. The number of fused-ring (bicyclic) bond motifs is 1. The molecule has 1 saturated heterocycles. The number of benzene rings is 2. The van der Waals surface area contributed by atoms with Crippen molar-refractivity contribution >= 4 is 28.6 Å². The molecule has 0 atom stereocenters. The summed E-state index contributed by atoms with van der Waals surface area (Å²) in [7, 11) is 0. The van der Waals surface area contributed by atoms with Crippen LogP contribution in [0.15, 0.2) is 60.8 Å². The van der Waals surface area contributed by atoms with Crippen molar-refractivity contribution in [1.29, 1.82) is 0 Å². The van der Waals surface area contributed by atoms with Gasteiger partial charge in [0, 0.05) is 50.0 Å². The van der Waals surface area contributed by atoms with Gasteiger partial charge in [-0.2, -0.15) is 0 Å². The number of pyridine rings is 1. The fraction of sp³-hybridized carbons (Fsp3) is 0.227. The Hall–Kier alpha value is -3.45. The standard InChI is InChI=1S/C22H22N4O3/c27-21(28)18-5-3-6-19(13-18)24-22(29)26-10-8-25(9-11-26)15-16-12-17-4-1-2-7-20(17)23-14-16/h1-7,12-14H,8-11,15H2,(H,24,29)(H,27,28). The molecule has 2 amide bonds. The van der Waals surface area contributed by atoms with Crippen molar-refractivity contribution in [1.82, 2.24) is 14.8 Å². The number of anilines is 1. The zero-order chi connectivity index (χ0) is 20.2. The Balaban J connectivity index is 1.32. The lowest BCUT2D eigenvalue weighted by molar-refractivity contribution is 0.0697. The van der Waals surface area contributed by atoms with E-state index in [1.54, 1.807) is 17.0 Å². The van der Waals surface area contributed by atoms with Gasteiger partial charge < -0.3 is 15.3 Å². The van der Waals surface area contributed by atoms with Crippen LogP contribution in [0.5, 0.6) is 0 Å². The van der Waals surface area contributed by atoms with Crippen LogP contribution in [0.3, 0.4) is 0 Å². The van der Waals surface area contributed by atoms with Crippen LogP contribution in [0.25, 0.3) is 10.9 Å². The van der Waals surface area contributed by atoms with E-state index in [1.165, 1.54) is 12.1 Å². The van der Waals surface area contributed by atoms with Gasteiger partial charge in [0.25, 0.3) is 0 Å². The first kappa shape index (κ1) is 18.9. The lowest BCUT2D eigenvalue weighted by Gasteiger charge is -2.34. The van der Waals surface area contributed by atoms with Crippen molar-refractivity contribution in [2.45, 2.75) is 6.54 Å². The number of rotatable bonds is 4. The van der Waals surface area contributed by atoms with E-state index in [-0.39, 0.29) is 11.6 Å². The van der Waals surface area contributed by atoms with Crippen LogP contribution in [-0.2, 0) is 6.54 Å². The predicted octanol–water partition coefficient (Wildman–Crippen LogP) is 3.28. The highest BCUT2D eigenvalue weighted by Crippen LogP contribution is 2.16. The highest BCUT2D eigenvalue weighted by molar-refractivity contribution is 5.93. The fourth-order valence-corrected chi connectivity index (χ4v) is 3.50. The first-order valence-electron chi connectivity index (χ1n) is 9.54. The molecule has 148 valence electrons. The Morgan fingerprint density at radius 2 is 1.79 bits per heavy atom. The third-order valence-corrected chi connectivity index (χ3v) is 5.07. The Morgan fingerprint density at radius 3 is 2.59 bits per heavy atom. The van der Waals surface area contributed by atoms with E-state index in [9.17, 15) is 9.59 Å². The lowest BCUT2D eigenvalue weighted by atomic mass is 10.1. The number of carboxylic acid groups (broad SMARTS) is 1. The number of hydrogen-bond donors (Lipinski definition) is 2. The van der Waals surface area contributed by atoms with Gasteiger partial charge in [0.2, 0.25) is 0 Å². The summed E-state index contributed by atoms with van der Waals surface area (Å²) in [5, 5.41) is 13.0. The van der Waals surface area contributed by atoms with Crippen molar-refractivity contribution in [3.63, 3.8) is 0 Å². The molecule has 4 rings (SSSR count). The van der Waals surface area contributed by atoms with Crippen LogP contribution < -0.4 is 5.32 Å². The normalized spacial score (nSPS) is 14.7. The second-order valence-corrected chi connectivity index (χ2v) is 7.12. The molecule has 2 N–H and O–H groups in total. The Morgan fingerprint density at radius 1 is 1.00 bits per heavy atom. The molecule has 0 unspecified atom stereocenters. The number of nitrogens with zero attached hydrogens (tertiary/aromatic N) is 3. The second-order valence-electron chi connectivity index (χ2n) is 7.12. The number of carbonyl (C=O) groups is 2. The number of hydrogen-bond acceptors (Lipinski definition) is 4. The minimum atomic E-state index is -1.02. The van der Waals surface area contributed by atoms with Crippen LogP contribution in [0.1, 0.15) is 15.9 Å². The van der Waals surface area contributed by atoms with E-state index in [0.29, 0.717) is 18.8 Å². The molecular formula is C22H22N4O3. The quantitative estimate of drug-likeness (QED) is 0.714. The van der Waals surface area contributed by atoms with E-state index in [1.807, 2.05) is 24.4 Å². The topological polar surface area (TPSA) is 85.8 Å². The molecule has 0 bridgehead atoms. The third-order valence-electron chi connectivity index (χ3n) is 5.07. The van der Waals surface area contributed by atoms with E-state index in [0.717, 1.165) is 36.1 Å². The van der Waals surface area contributed by atoms with Gasteiger partial charge in [-0.15, -0.1) is 0 Å². The molecule has 0 spiro atoms. The van der Waals surface area contributed by atoms with Gasteiger partial charge in [-0.1, -0.05) is 24.3 Å². The van der Waals surface area contributed by atoms with E-state index in [4.69, 9.17) is 5.11 Å². The molecule has 7 heteroatoms. The number of piperazine rings is 1. The summed E-state index contributed by atoms with van der Waals surface area (Å²) >= 11 is 0. The molecular weight excluding hydrogens is 368 g/mol. The maximum Gasteiger partial charge on any atom is 0.335 e. The van der Waals surface area contributed by atoms with Gasteiger partial charge in [-0.05, 0) is 35.9 Å². The number of urea groups is 1. The summed E-state index contributed by atoms with van der Waals surface area (Å²) < 4.78 is 0. The molecule has 0 radical (unpaired) electrons. The maximum atomic E-state index is 12.5. The Bertz CT molecular complexity index is 1040. The average Bonchev–Trinajstić information content (AvgIpc) is 2.74. The van der Waals surface area contributed by atoms with Crippen molar-refractivity contribution in [3.05, 3.63) is 71.9 Å². The molecule has 2 aromatic carbocycles. The number of nitrogens with one attached hydrogen (secondary N) is 1. The van der Waals surface area contributed by atoms with Crippen LogP contribution in [0.4, 0.5) is 10.5 Å². The summed E-state index contributed by atoms with van der Waals surface area (Å²) in [4.78, 5) is 32.1. The fourth-order valence-electron chi connectivity index (χ4n) is 3.50. The van der Waals surface area contributed by atoms with Crippen LogP contribution in [0, 0.1) is 0 Å². The SMILES string of the molecule is O=C(O)c1cccc(NC(=O)N2CCN(Cc3cnc4ccccc4c3)CC2)c1. The highest BCUT2D eigenvalue weighted by atomic mass is 16.4. The molecule has 1 aliphatic heterocycles. The third kappa shape index (κ3) is 4.52. The van der Waals surface area contributed by atoms with Crippen molar-refractivity contribution in [2.24, 2.45) is 0 Å². The Labute approximate surface area is 168 Å². The van der Waals surface area contributed by atoms with Crippen molar-refractivity contribution in [2.75, 3.05) is 31.5 Å². The summed E-state index contributed by atoms with van der Waals surface area (Å²) in [6.07, 6.45) is 1.91. The van der Waals surface area contributed by atoms with Crippen LogP contribution in [-0.4, -0.2) is 58.1 Å². The molecule has 29 heavy (non-hydrogen) atoms. The molecule has 0 saturated carbocycles. The monoisotopic (exact) mass is 390 g/mol. The van der Waals surface area contributed by atoms with E-state index in [2.05, 4.69) is 27.3 Å². The summed E-state index contributed by atoms with van der Waals surface area (Å²) in [5.41, 5.74) is 2.79. The van der Waals surface area contributed by atoms with Crippen LogP contribution in [0.2, 0.25) is 0 Å². The molecule has 1 fully saturated rings. The molecule has 0 aliphatic carbocycles. The number of aromatic carboxylic acids is 1. The number of amides is 2. The summed E-state index contributed by atoms with van der Waals surface area (Å²) in [6.45, 7) is 3.58. The first-order chi connectivity index (χ1) is 14.1. The van der Waals surface area contributed by atoms with Crippen molar-refractivity contribution in [3.8, 4) is 0 Å².